The lowest BCUT2D eigenvalue weighted by Gasteiger charge is -2.22. The fraction of sp³-hybridized carbons (Fsp3) is 0.500. The summed E-state index contributed by atoms with van der Waals surface area (Å²) in [6.45, 7) is 5.24. The molecule has 0 aliphatic carbocycles. The van der Waals surface area contributed by atoms with Gasteiger partial charge in [-0.3, -0.25) is 9.36 Å². The van der Waals surface area contributed by atoms with Crippen LogP contribution in [0.25, 0.3) is 10.9 Å². The van der Waals surface area contributed by atoms with Gasteiger partial charge < -0.3 is 9.64 Å². The smallest absolute Gasteiger partial charge is 0.261 e. The number of ether oxygens (including phenoxy) is 1. The van der Waals surface area contributed by atoms with Crippen molar-refractivity contribution in [1.29, 1.82) is 0 Å². The fourth-order valence-corrected chi connectivity index (χ4v) is 3.05. The van der Waals surface area contributed by atoms with Crippen LogP contribution in [-0.2, 0) is 0 Å². The molecule has 2 heterocycles. The minimum atomic E-state index is 0.00518. The normalized spacial score (nSPS) is 17.2. The van der Waals surface area contributed by atoms with Crippen molar-refractivity contribution < 1.29 is 4.74 Å². The van der Waals surface area contributed by atoms with Crippen LogP contribution in [0.15, 0.2) is 29.3 Å². The quantitative estimate of drug-likeness (QED) is 0.863. The van der Waals surface area contributed by atoms with E-state index in [0.717, 1.165) is 19.6 Å². The molecule has 21 heavy (non-hydrogen) atoms. The Hall–Kier alpha value is -1.88. The Kier molecular flexibility index (Phi) is 3.92. The van der Waals surface area contributed by atoms with Gasteiger partial charge in [-0.2, -0.15) is 0 Å². The monoisotopic (exact) mass is 287 g/mol. The van der Waals surface area contributed by atoms with Gasteiger partial charge in [-0.25, -0.2) is 4.98 Å². The van der Waals surface area contributed by atoms with E-state index >= 15 is 0 Å². The predicted octanol–water partition coefficient (Wildman–Crippen LogP) is 2.06. The highest BCUT2D eigenvalue weighted by Crippen LogP contribution is 2.21. The molecule has 5 heteroatoms. The van der Waals surface area contributed by atoms with Crippen LogP contribution in [-0.4, -0.2) is 41.2 Å². The number of hydrogen-bond acceptors (Lipinski definition) is 4. The van der Waals surface area contributed by atoms with Crippen LogP contribution >= 0.6 is 0 Å². The van der Waals surface area contributed by atoms with Crippen LogP contribution in [0.1, 0.15) is 25.8 Å². The van der Waals surface area contributed by atoms with Crippen LogP contribution in [0.5, 0.6) is 5.75 Å². The number of nitrogens with zero attached hydrogens (tertiary/aromatic N) is 3. The van der Waals surface area contributed by atoms with Gasteiger partial charge in [-0.05, 0) is 45.0 Å². The fourth-order valence-electron chi connectivity index (χ4n) is 3.05. The summed E-state index contributed by atoms with van der Waals surface area (Å²) >= 11 is 0. The maximum Gasteiger partial charge on any atom is 0.261 e. The lowest BCUT2D eigenvalue weighted by Crippen LogP contribution is -2.32. The van der Waals surface area contributed by atoms with E-state index in [-0.39, 0.29) is 11.6 Å². The van der Waals surface area contributed by atoms with Crippen LogP contribution < -0.4 is 10.3 Å². The van der Waals surface area contributed by atoms with E-state index in [2.05, 4.69) is 16.8 Å². The van der Waals surface area contributed by atoms with E-state index in [1.807, 2.05) is 18.2 Å². The molecule has 1 atom stereocenters. The number of fused-ring (bicyclic) bond motifs is 1. The zero-order valence-electron chi connectivity index (χ0n) is 12.6. The summed E-state index contributed by atoms with van der Waals surface area (Å²) in [5, 5.41) is 0.616. The van der Waals surface area contributed by atoms with Gasteiger partial charge >= 0.3 is 0 Å². The first kappa shape index (κ1) is 14.1. The second kappa shape index (κ2) is 5.85. The maximum absolute atomic E-state index is 12.7. The molecule has 1 aliphatic heterocycles. The summed E-state index contributed by atoms with van der Waals surface area (Å²) in [5.41, 5.74) is 0.639. The molecule has 3 rings (SSSR count). The van der Waals surface area contributed by atoms with E-state index in [0.29, 0.717) is 16.7 Å². The van der Waals surface area contributed by atoms with Crippen molar-refractivity contribution in [3.63, 3.8) is 0 Å². The second-order valence-corrected chi connectivity index (χ2v) is 5.67. The number of methoxy groups -OCH3 is 1. The highest BCUT2D eigenvalue weighted by molar-refractivity contribution is 5.83. The van der Waals surface area contributed by atoms with Crippen molar-refractivity contribution in [3.8, 4) is 5.75 Å². The second-order valence-electron chi connectivity index (χ2n) is 5.67. The molecule has 0 unspecified atom stereocenters. The molecule has 1 aliphatic rings. The molecule has 1 aromatic carbocycles. The molecule has 0 spiro atoms. The SMILES string of the molecule is COc1cccc2c(=O)n([C@H](C)CN3CCCC3)cnc12. The average Bonchev–Trinajstić information content (AvgIpc) is 3.00. The zero-order valence-corrected chi connectivity index (χ0v) is 12.6. The molecule has 1 saturated heterocycles. The topological polar surface area (TPSA) is 47.4 Å². The van der Waals surface area contributed by atoms with Gasteiger partial charge in [0.25, 0.3) is 5.56 Å². The van der Waals surface area contributed by atoms with Gasteiger partial charge in [0.1, 0.15) is 11.3 Å². The first-order valence-corrected chi connectivity index (χ1v) is 7.47. The molecule has 0 N–H and O–H groups in total. The molecule has 0 amide bonds. The predicted molar refractivity (Wildman–Crippen MR) is 82.9 cm³/mol. The molecular formula is C16H21N3O2. The summed E-state index contributed by atoms with van der Waals surface area (Å²) in [7, 11) is 1.60. The third-order valence-corrected chi connectivity index (χ3v) is 4.19. The van der Waals surface area contributed by atoms with E-state index in [9.17, 15) is 4.79 Å². The summed E-state index contributed by atoms with van der Waals surface area (Å²) in [6, 6.07) is 5.59. The number of hydrogen-bond donors (Lipinski definition) is 0. The van der Waals surface area contributed by atoms with Gasteiger partial charge in [-0.15, -0.1) is 0 Å². The van der Waals surface area contributed by atoms with Crippen molar-refractivity contribution in [2.75, 3.05) is 26.7 Å². The highest BCUT2D eigenvalue weighted by Gasteiger charge is 2.17. The van der Waals surface area contributed by atoms with Gasteiger partial charge in [0.15, 0.2) is 0 Å². The number of likely N-dealkylation sites (tertiary alicyclic amines) is 1. The molecule has 0 radical (unpaired) electrons. The number of para-hydroxylation sites is 1. The third-order valence-electron chi connectivity index (χ3n) is 4.19. The largest absolute Gasteiger partial charge is 0.494 e. The van der Waals surface area contributed by atoms with Gasteiger partial charge in [-0.1, -0.05) is 6.07 Å². The Morgan fingerprint density at radius 1 is 1.33 bits per heavy atom. The van der Waals surface area contributed by atoms with Crippen LogP contribution in [0.4, 0.5) is 0 Å². The van der Waals surface area contributed by atoms with Crippen LogP contribution in [0, 0.1) is 0 Å². The van der Waals surface area contributed by atoms with Crippen LogP contribution in [0.3, 0.4) is 0 Å². The first-order valence-electron chi connectivity index (χ1n) is 7.47. The van der Waals surface area contributed by atoms with E-state index in [4.69, 9.17) is 4.74 Å². The van der Waals surface area contributed by atoms with Crippen LogP contribution in [0.2, 0.25) is 0 Å². The summed E-state index contributed by atoms with van der Waals surface area (Å²) in [4.78, 5) is 19.5. The van der Waals surface area contributed by atoms with Crippen molar-refractivity contribution in [1.82, 2.24) is 14.5 Å². The number of benzene rings is 1. The van der Waals surface area contributed by atoms with Gasteiger partial charge in [0, 0.05) is 12.6 Å². The van der Waals surface area contributed by atoms with Crippen molar-refractivity contribution in [2.24, 2.45) is 0 Å². The summed E-state index contributed by atoms with van der Waals surface area (Å²) < 4.78 is 7.01. The number of aromatic nitrogens is 2. The summed E-state index contributed by atoms with van der Waals surface area (Å²) in [5.74, 6) is 0.643. The Morgan fingerprint density at radius 3 is 2.81 bits per heavy atom. The Balaban J connectivity index is 1.96. The molecule has 1 aromatic heterocycles. The molecule has 0 bridgehead atoms. The highest BCUT2D eigenvalue weighted by atomic mass is 16.5. The van der Waals surface area contributed by atoms with Crippen molar-refractivity contribution >= 4 is 10.9 Å². The summed E-state index contributed by atoms with van der Waals surface area (Å²) in [6.07, 6.45) is 4.16. The Morgan fingerprint density at radius 2 is 2.10 bits per heavy atom. The third kappa shape index (κ3) is 2.65. The van der Waals surface area contributed by atoms with Gasteiger partial charge in [0.05, 0.1) is 18.8 Å². The Labute approximate surface area is 124 Å². The van der Waals surface area contributed by atoms with Gasteiger partial charge in [0.2, 0.25) is 0 Å². The number of rotatable bonds is 4. The molecule has 112 valence electrons. The molecule has 5 nitrogen and oxygen atoms in total. The lowest BCUT2D eigenvalue weighted by molar-refractivity contribution is 0.284. The molecular weight excluding hydrogens is 266 g/mol. The molecule has 1 fully saturated rings. The molecule has 2 aromatic rings. The standard InChI is InChI=1S/C16H21N3O2/c1-12(10-18-8-3-4-9-18)19-11-17-15-13(16(19)20)6-5-7-14(15)21-2/h5-7,11-12H,3-4,8-10H2,1-2H3/t12-/m1/s1. The van der Waals surface area contributed by atoms with Crippen molar-refractivity contribution in [3.05, 3.63) is 34.9 Å². The minimum Gasteiger partial charge on any atom is -0.494 e. The minimum absolute atomic E-state index is 0.00518. The average molecular weight is 287 g/mol. The Bertz CT molecular complexity index is 689. The van der Waals surface area contributed by atoms with E-state index < -0.39 is 0 Å². The zero-order chi connectivity index (χ0) is 14.8. The van der Waals surface area contributed by atoms with E-state index in [1.165, 1.54) is 12.8 Å². The van der Waals surface area contributed by atoms with E-state index in [1.54, 1.807) is 18.0 Å². The first-order chi connectivity index (χ1) is 10.2. The van der Waals surface area contributed by atoms with Crippen molar-refractivity contribution in [2.45, 2.75) is 25.8 Å². The maximum atomic E-state index is 12.7. The molecule has 0 saturated carbocycles. The lowest BCUT2D eigenvalue weighted by atomic mass is 10.2.